The lowest BCUT2D eigenvalue weighted by Gasteiger charge is -2.34. The highest BCUT2D eigenvalue weighted by Gasteiger charge is 2.26. The minimum Gasteiger partial charge on any atom is -0.367 e. The molecule has 1 amide bonds. The van der Waals surface area contributed by atoms with Crippen molar-refractivity contribution in [2.75, 3.05) is 7.05 Å². The van der Waals surface area contributed by atoms with Crippen LogP contribution in [0.15, 0.2) is 42.6 Å². The van der Waals surface area contributed by atoms with Gasteiger partial charge in [0.15, 0.2) is 5.78 Å². The second-order valence-corrected chi connectivity index (χ2v) is 7.00. The van der Waals surface area contributed by atoms with Gasteiger partial charge in [-0.05, 0) is 38.8 Å². The molecule has 0 aliphatic heterocycles. The fourth-order valence-corrected chi connectivity index (χ4v) is 3.01. The van der Waals surface area contributed by atoms with E-state index in [9.17, 15) is 14.4 Å². The van der Waals surface area contributed by atoms with Crippen LogP contribution < -0.4 is 5.32 Å². The summed E-state index contributed by atoms with van der Waals surface area (Å²) < 4.78 is 0. The van der Waals surface area contributed by atoms with Crippen molar-refractivity contribution >= 4 is 17.5 Å². The highest BCUT2D eigenvalue weighted by atomic mass is 16.2. The van der Waals surface area contributed by atoms with Crippen molar-refractivity contribution in [1.82, 2.24) is 10.2 Å². The zero-order chi connectivity index (χ0) is 20.4. The number of benzene rings is 1. The van der Waals surface area contributed by atoms with Gasteiger partial charge in [0.25, 0.3) is 5.91 Å². The lowest BCUT2D eigenvalue weighted by Crippen LogP contribution is -2.45. The summed E-state index contributed by atoms with van der Waals surface area (Å²) in [6, 6.07) is 8.25. The monoisotopic (exact) mass is 372 g/mol. The predicted molar refractivity (Wildman–Crippen MR) is 109 cm³/mol. The van der Waals surface area contributed by atoms with Crippen molar-refractivity contribution in [3.8, 4) is 0 Å². The highest BCUT2D eigenvalue weighted by molar-refractivity contribution is 5.94. The molecule has 0 spiro atoms. The van der Waals surface area contributed by atoms with E-state index in [1.165, 1.54) is 6.92 Å². The molecule has 1 aromatic rings. The number of amides is 1. The molecule has 0 saturated carbocycles. The normalized spacial score (nSPS) is 12.7. The van der Waals surface area contributed by atoms with E-state index in [0.717, 1.165) is 19.3 Å². The molecule has 1 rings (SSSR count). The summed E-state index contributed by atoms with van der Waals surface area (Å²) in [5, 5.41) is 2.98. The Morgan fingerprint density at radius 3 is 2.26 bits per heavy atom. The molecule has 0 fully saturated rings. The first-order chi connectivity index (χ1) is 12.8. The number of Topliss-reactive ketones (excluding diaryl/α,β-unsaturated/α-hetero) is 2. The van der Waals surface area contributed by atoms with Crippen molar-refractivity contribution in [2.45, 2.75) is 65.0 Å². The molecular weight excluding hydrogens is 340 g/mol. The van der Waals surface area contributed by atoms with E-state index in [0.29, 0.717) is 24.1 Å². The minimum absolute atomic E-state index is 0.0542. The van der Waals surface area contributed by atoms with E-state index in [-0.39, 0.29) is 23.5 Å². The predicted octanol–water partition coefficient (Wildman–Crippen LogP) is 3.75. The number of hydrogen-bond acceptors (Lipinski definition) is 4. The third-order valence-electron chi connectivity index (χ3n) is 4.75. The van der Waals surface area contributed by atoms with Crippen LogP contribution in [0, 0.1) is 0 Å². The quantitative estimate of drug-likeness (QED) is 0.607. The van der Waals surface area contributed by atoms with Gasteiger partial charge in [-0.25, -0.2) is 0 Å². The summed E-state index contributed by atoms with van der Waals surface area (Å²) in [4.78, 5) is 38.0. The number of nitrogens with one attached hydrogen (secondary N) is 1. The number of nitrogens with zero attached hydrogens (tertiary/aromatic N) is 1. The van der Waals surface area contributed by atoms with Gasteiger partial charge in [-0.2, -0.15) is 0 Å². The highest BCUT2D eigenvalue weighted by Crippen LogP contribution is 2.19. The summed E-state index contributed by atoms with van der Waals surface area (Å²) in [6.07, 6.45) is 3.48. The van der Waals surface area contributed by atoms with Crippen LogP contribution in [-0.2, 0) is 9.59 Å². The smallest absolute Gasteiger partial charge is 0.251 e. The standard InChI is InChI=1S/C22H32N2O3/c1-6-7-13-21(18(4)26)24(5)17(3)20(15-14-16(2)25)23-22(27)19-11-9-8-10-12-19/h8-12,20-21H,3,6-7,13-15H2,1-2,4-5H3,(H,23,27)/t20-,21-/m0/s1. The molecular formula is C22H32N2O3. The molecule has 0 unspecified atom stereocenters. The molecule has 2 atom stereocenters. The van der Waals surface area contributed by atoms with Gasteiger partial charge in [0.1, 0.15) is 5.78 Å². The van der Waals surface area contributed by atoms with Crippen LogP contribution >= 0.6 is 0 Å². The van der Waals surface area contributed by atoms with Crippen LogP contribution in [0.1, 0.15) is 63.2 Å². The average Bonchev–Trinajstić information content (AvgIpc) is 2.64. The van der Waals surface area contributed by atoms with Gasteiger partial charge in [0.2, 0.25) is 0 Å². The van der Waals surface area contributed by atoms with Crippen LogP contribution in [0.3, 0.4) is 0 Å². The van der Waals surface area contributed by atoms with Gasteiger partial charge in [-0.1, -0.05) is 44.5 Å². The lowest BCUT2D eigenvalue weighted by atomic mass is 10.0. The Morgan fingerprint density at radius 1 is 1.11 bits per heavy atom. The van der Waals surface area contributed by atoms with E-state index in [4.69, 9.17) is 0 Å². The zero-order valence-electron chi connectivity index (χ0n) is 17.0. The summed E-state index contributed by atoms with van der Waals surface area (Å²) in [7, 11) is 1.83. The molecule has 148 valence electrons. The van der Waals surface area contributed by atoms with Crippen molar-refractivity contribution in [3.63, 3.8) is 0 Å². The molecule has 1 aromatic carbocycles. The first kappa shape index (κ1) is 22.6. The van der Waals surface area contributed by atoms with Gasteiger partial charge in [-0.15, -0.1) is 0 Å². The molecule has 1 N–H and O–H groups in total. The maximum absolute atomic E-state index is 12.6. The third kappa shape index (κ3) is 7.37. The Bertz CT molecular complexity index is 655. The lowest BCUT2D eigenvalue weighted by molar-refractivity contribution is -0.121. The Kier molecular flexibility index (Phi) is 9.48. The Hall–Kier alpha value is -2.43. The van der Waals surface area contributed by atoms with Crippen molar-refractivity contribution in [1.29, 1.82) is 0 Å². The van der Waals surface area contributed by atoms with E-state index in [2.05, 4.69) is 18.8 Å². The Balaban J connectivity index is 2.95. The zero-order valence-corrected chi connectivity index (χ0v) is 17.0. The molecule has 0 aromatic heterocycles. The molecule has 0 bridgehead atoms. The van der Waals surface area contributed by atoms with E-state index < -0.39 is 6.04 Å². The summed E-state index contributed by atoms with van der Waals surface area (Å²) in [5.41, 5.74) is 1.20. The second-order valence-electron chi connectivity index (χ2n) is 7.00. The number of carbonyl (C=O) groups excluding carboxylic acids is 3. The molecule has 5 heteroatoms. The molecule has 5 nitrogen and oxygen atoms in total. The number of likely N-dealkylation sites (N-methyl/N-ethyl adjacent to an activating group) is 1. The molecule has 0 saturated heterocycles. The van der Waals surface area contributed by atoms with Gasteiger partial charge < -0.3 is 15.0 Å². The van der Waals surface area contributed by atoms with E-state index in [1.54, 1.807) is 31.2 Å². The van der Waals surface area contributed by atoms with Crippen LogP contribution in [0.5, 0.6) is 0 Å². The molecule has 0 aliphatic carbocycles. The largest absolute Gasteiger partial charge is 0.367 e. The summed E-state index contributed by atoms with van der Waals surface area (Å²) in [6.45, 7) is 9.33. The third-order valence-corrected chi connectivity index (χ3v) is 4.75. The van der Waals surface area contributed by atoms with Crippen LogP contribution in [0.2, 0.25) is 0 Å². The number of hydrogen-bond donors (Lipinski definition) is 1. The molecule has 0 heterocycles. The van der Waals surface area contributed by atoms with Gasteiger partial charge in [0.05, 0.1) is 12.1 Å². The first-order valence-corrected chi connectivity index (χ1v) is 9.55. The van der Waals surface area contributed by atoms with Gasteiger partial charge >= 0.3 is 0 Å². The topological polar surface area (TPSA) is 66.5 Å². The maximum Gasteiger partial charge on any atom is 0.251 e. The number of carbonyl (C=O) groups is 3. The van der Waals surface area contributed by atoms with Crippen molar-refractivity contribution < 1.29 is 14.4 Å². The van der Waals surface area contributed by atoms with Crippen LogP contribution in [-0.4, -0.2) is 41.5 Å². The Labute approximate surface area is 162 Å². The van der Waals surface area contributed by atoms with Gasteiger partial charge in [0, 0.05) is 24.7 Å². The first-order valence-electron chi connectivity index (χ1n) is 9.55. The van der Waals surface area contributed by atoms with Crippen molar-refractivity contribution in [3.05, 3.63) is 48.2 Å². The number of unbranched alkanes of at least 4 members (excludes halogenated alkanes) is 1. The number of rotatable bonds is 12. The van der Waals surface area contributed by atoms with E-state index >= 15 is 0 Å². The average molecular weight is 373 g/mol. The summed E-state index contributed by atoms with van der Waals surface area (Å²) >= 11 is 0. The summed E-state index contributed by atoms with van der Waals surface area (Å²) in [5.74, 6) is -0.0862. The minimum atomic E-state index is -0.407. The van der Waals surface area contributed by atoms with Crippen LogP contribution in [0.4, 0.5) is 0 Å². The second kappa shape index (κ2) is 11.3. The molecule has 0 aliphatic rings. The van der Waals surface area contributed by atoms with Gasteiger partial charge in [-0.3, -0.25) is 9.59 Å². The van der Waals surface area contributed by atoms with Crippen molar-refractivity contribution in [2.24, 2.45) is 0 Å². The van der Waals surface area contributed by atoms with Crippen LogP contribution in [0.25, 0.3) is 0 Å². The molecule has 27 heavy (non-hydrogen) atoms. The fraction of sp³-hybridized carbons (Fsp3) is 0.500. The SMILES string of the molecule is C=C([C@H](CCC(C)=O)NC(=O)c1ccccc1)N(C)[C@@H](CCCC)C(C)=O. The molecule has 0 radical (unpaired) electrons. The maximum atomic E-state index is 12.6. The fourth-order valence-electron chi connectivity index (χ4n) is 3.01. The van der Waals surface area contributed by atoms with E-state index in [1.807, 2.05) is 18.0 Å². The number of ketones is 2. The Morgan fingerprint density at radius 2 is 1.74 bits per heavy atom.